The minimum atomic E-state index is -0.00483. The molecular weight excluding hydrogens is 330 g/mol. The van der Waals surface area contributed by atoms with Crippen LogP contribution < -0.4 is 5.32 Å². The molecule has 2 heteroatoms. The zero-order chi connectivity index (χ0) is 18.7. The van der Waals surface area contributed by atoms with Gasteiger partial charge in [-0.3, -0.25) is 0 Å². The third-order valence-electron chi connectivity index (χ3n) is 7.98. The topological polar surface area (TPSA) is 25.8 Å². The quantitative estimate of drug-likeness (QED) is 0.792. The van der Waals surface area contributed by atoms with Crippen LogP contribution in [0.15, 0.2) is 48.5 Å². The largest absolute Gasteiger partial charge is 0.381 e. The Morgan fingerprint density at radius 2 is 1.56 bits per heavy atom. The minimum absolute atomic E-state index is 0.00483. The molecule has 0 saturated heterocycles. The van der Waals surface area contributed by atoms with Crippen LogP contribution in [-0.4, -0.2) is 13.2 Å². The van der Waals surface area contributed by atoms with Gasteiger partial charge in [0, 0.05) is 36.1 Å². The van der Waals surface area contributed by atoms with Crippen molar-refractivity contribution in [1.29, 1.82) is 0 Å². The van der Waals surface area contributed by atoms with Crippen molar-refractivity contribution in [2.45, 2.75) is 62.9 Å². The fourth-order valence-electron chi connectivity index (χ4n) is 6.59. The van der Waals surface area contributed by atoms with Gasteiger partial charge in [-0.25, -0.2) is 0 Å². The summed E-state index contributed by atoms with van der Waals surface area (Å²) in [6.45, 7) is 8.61. The molecule has 1 fully saturated rings. The Hall–Kier alpha value is -1.64. The van der Waals surface area contributed by atoms with Crippen molar-refractivity contribution in [2.24, 2.45) is 5.92 Å². The van der Waals surface area contributed by atoms with Gasteiger partial charge in [0.2, 0.25) is 0 Å². The van der Waals surface area contributed by atoms with Gasteiger partial charge < -0.3 is 10.1 Å². The Kier molecular flexibility index (Phi) is 3.83. The van der Waals surface area contributed by atoms with Gasteiger partial charge in [-0.2, -0.15) is 0 Å². The number of benzene rings is 2. The van der Waals surface area contributed by atoms with E-state index in [0.29, 0.717) is 5.41 Å². The predicted octanol–water partition coefficient (Wildman–Crippen LogP) is 4.22. The fourth-order valence-corrected chi connectivity index (χ4v) is 6.59. The summed E-state index contributed by atoms with van der Waals surface area (Å²) < 4.78 is 5.85. The number of nitrogens with two attached hydrogens (primary N) is 1. The molecule has 1 unspecified atom stereocenters. The number of ether oxygens (including phenoxy) is 1. The summed E-state index contributed by atoms with van der Waals surface area (Å²) in [5.74, 6) is 0.789. The Balaban J connectivity index is 1.73. The zero-order valence-corrected chi connectivity index (χ0v) is 16.9. The van der Waals surface area contributed by atoms with Crippen LogP contribution in [-0.2, 0) is 21.2 Å². The maximum atomic E-state index is 5.85. The third-order valence-corrected chi connectivity index (χ3v) is 7.98. The Bertz CT molecular complexity index is 876. The van der Waals surface area contributed by atoms with Crippen LogP contribution >= 0.6 is 0 Å². The second kappa shape index (κ2) is 5.93. The van der Waals surface area contributed by atoms with Gasteiger partial charge in [-0.05, 0) is 43.6 Å². The average Bonchev–Trinajstić information content (AvgIpc) is 3.33. The minimum Gasteiger partial charge on any atom is -0.381 e. The van der Waals surface area contributed by atoms with Crippen LogP contribution in [0.5, 0.6) is 0 Å². The van der Waals surface area contributed by atoms with Crippen molar-refractivity contribution < 1.29 is 10.1 Å². The summed E-state index contributed by atoms with van der Waals surface area (Å²) in [5, 5.41) is 2.71. The van der Waals surface area contributed by atoms with Crippen molar-refractivity contribution in [1.82, 2.24) is 0 Å². The van der Waals surface area contributed by atoms with E-state index in [2.05, 4.69) is 74.6 Å². The second-order valence-corrected chi connectivity index (χ2v) is 9.16. The van der Waals surface area contributed by atoms with Gasteiger partial charge >= 0.3 is 0 Å². The summed E-state index contributed by atoms with van der Waals surface area (Å²) in [7, 11) is 0. The van der Waals surface area contributed by atoms with Crippen LogP contribution in [0.4, 0.5) is 0 Å². The van der Waals surface area contributed by atoms with Crippen molar-refractivity contribution in [3.8, 4) is 0 Å². The monoisotopic (exact) mass is 362 g/mol. The van der Waals surface area contributed by atoms with Gasteiger partial charge in [0.05, 0.1) is 6.61 Å². The highest BCUT2D eigenvalue weighted by Gasteiger charge is 2.65. The highest BCUT2D eigenvalue weighted by atomic mass is 16.5. The first kappa shape index (κ1) is 17.5. The van der Waals surface area contributed by atoms with E-state index in [4.69, 9.17) is 4.74 Å². The number of rotatable bonds is 5. The molecule has 2 nitrogen and oxygen atoms in total. The van der Waals surface area contributed by atoms with Gasteiger partial charge in [0.1, 0.15) is 11.1 Å². The predicted molar refractivity (Wildman–Crippen MR) is 109 cm³/mol. The second-order valence-electron chi connectivity index (χ2n) is 9.16. The molecule has 2 heterocycles. The zero-order valence-electron chi connectivity index (χ0n) is 16.9. The van der Waals surface area contributed by atoms with Crippen molar-refractivity contribution in [3.63, 3.8) is 0 Å². The molecule has 0 amide bonds. The molecule has 0 aromatic heterocycles. The molecule has 2 aromatic carbocycles. The Morgan fingerprint density at radius 1 is 0.926 bits per heavy atom. The Morgan fingerprint density at radius 3 is 2.22 bits per heavy atom. The van der Waals surface area contributed by atoms with E-state index in [1.54, 1.807) is 16.7 Å². The van der Waals surface area contributed by atoms with E-state index >= 15 is 0 Å². The number of hydrogen-bond donors (Lipinski definition) is 1. The highest BCUT2D eigenvalue weighted by molar-refractivity contribution is 5.53. The summed E-state index contributed by atoms with van der Waals surface area (Å²) in [5.41, 5.74) is 6.77. The summed E-state index contributed by atoms with van der Waals surface area (Å²) >= 11 is 0. The lowest BCUT2D eigenvalue weighted by molar-refractivity contribution is -0.787. The van der Waals surface area contributed by atoms with E-state index in [0.717, 1.165) is 25.6 Å². The number of quaternary nitrogens is 1. The van der Waals surface area contributed by atoms with Crippen LogP contribution in [0.2, 0.25) is 0 Å². The lowest BCUT2D eigenvalue weighted by atomic mass is 9.76. The SMILES string of the molecule is CCOCCC12C[C@H]3C[C@@]3(CC)c3ccccc3[C@@](C)([NH2+]1)c1ccccc12. The van der Waals surface area contributed by atoms with Crippen molar-refractivity contribution in [2.75, 3.05) is 13.2 Å². The molecule has 2 bridgehead atoms. The molecule has 5 rings (SSSR count). The molecule has 2 N–H and O–H groups in total. The molecule has 27 heavy (non-hydrogen) atoms. The third kappa shape index (κ3) is 2.26. The maximum Gasteiger partial charge on any atom is 0.146 e. The van der Waals surface area contributed by atoms with E-state index < -0.39 is 0 Å². The summed E-state index contributed by atoms with van der Waals surface area (Å²) in [6.07, 6.45) is 4.98. The van der Waals surface area contributed by atoms with Crippen LogP contribution in [0, 0.1) is 5.92 Å². The first-order chi connectivity index (χ1) is 13.1. The van der Waals surface area contributed by atoms with Crippen LogP contribution in [0.3, 0.4) is 0 Å². The normalized spacial score (nSPS) is 35.6. The van der Waals surface area contributed by atoms with Crippen molar-refractivity contribution in [3.05, 3.63) is 70.8 Å². The van der Waals surface area contributed by atoms with Gasteiger partial charge in [-0.15, -0.1) is 0 Å². The molecule has 2 aromatic rings. The molecule has 1 saturated carbocycles. The first-order valence-electron chi connectivity index (χ1n) is 10.7. The molecule has 3 aliphatic rings. The molecule has 142 valence electrons. The average molecular weight is 363 g/mol. The van der Waals surface area contributed by atoms with Crippen LogP contribution in [0.25, 0.3) is 0 Å². The van der Waals surface area contributed by atoms with E-state index in [1.807, 2.05) is 0 Å². The number of hydrogen-bond acceptors (Lipinski definition) is 1. The van der Waals surface area contributed by atoms with E-state index in [1.165, 1.54) is 24.8 Å². The smallest absolute Gasteiger partial charge is 0.146 e. The summed E-state index contributed by atoms with van der Waals surface area (Å²) in [6, 6.07) is 18.5. The first-order valence-corrected chi connectivity index (χ1v) is 10.7. The summed E-state index contributed by atoms with van der Waals surface area (Å²) in [4.78, 5) is 0. The van der Waals surface area contributed by atoms with Gasteiger partial charge in [0.25, 0.3) is 0 Å². The van der Waals surface area contributed by atoms with E-state index in [9.17, 15) is 0 Å². The highest BCUT2D eigenvalue weighted by Crippen LogP contribution is 2.64. The fraction of sp³-hybridized carbons (Fsp3) is 0.520. The molecule has 4 atom stereocenters. The standard InChI is InChI=1S/C25H31NO/c1-4-24-16-18(24)17-25(14-15-27-5-2)22-13-9-7-11-20(22)23(3,26-25)19-10-6-8-12-21(19)24/h6-13,18,26H,4-5,14-17H2,1-3H3/p+1/t18-,23-,24-,25?/m1/s1. The molecule has 1 aliphatic carbocycles. The van der Waals surface area contributed by atoms with Crippen molar-refractivity contribution >= 4 is 0 Å². The van der Waals surface area contributed by atoms with Crippen LogP contribution in [0.1, 0.15) is 68.7 Å². The van der Waals surface area contributed by atoms with Gasteiger partial charge in [0.15, 0.2) is 0 Å². The molecular formula is C25H32NO+. The molecule has 2 aliphatic heterocycles. The molecule has 0 radical (unpaired) electrons. The lowest BCUT2D eigenvalue weighted by Gasteiger charge is -2.37. The molecule has 0 spiro atoms. The van der Waals surface area contributed by atoms with E-state index in [-0.39, 0.29) is 11.1 Å². The lowest BCUT2D eigenvalue weighted by Crippen LogP contribution is -3.00. The maximum absolute atomic E-state index is 5.85. The number of fused-ring (bicyclic) bond motifs is 9. The Labute approximate surface area is 163 Å². The van der Waals surface area contributed by atoms with Gasteiger partial charge in [-0.1, -0.05) is 55.5 Å².